The number of hydrogen-bond donors (Lipinski definition) is 2. The van der Waals surface area contributed by atoms with Gasteiger partial charge in [-0.2, -0.15) is 0 Å². The third-order valence-electron chi connectivity index (χ3n) is 5.67. The molecule has 1 saturated heterocycles. The fourth-order valence-corrected chi connectivity index (χ4v) is 3.87. The van der Waals surface area contributed by atoms with Gasteiger partial charge in [0.25, 0.3) is 0 Å². The quantitative estimate of drug-likeness (QED) is 0.510. The number of aliphatic hydroxyl groups excluding tert-OH is 1. The monoisotopic (exact) mass is 432 g/mol. The van der Waals surface area contributed by atoms with Crippen molar-refractivity contribution in [1.82, 2.24) is 14.9 Å². The first-order valence-corrected chi connectivity index (χ1v) is 10.6. The van der Waals surface area contributed by atoms with Crippen LogP contribution in [0.4, 0.5) is 11.5 Å². The molecule has 0 atom stereocenters. The van der Waals surface area contributed by atoms with Gasteiger partial charge in [0.1, 0.15) is 18.2 Å². The van der Waals surface area contributed by atoms with Crippen LogP contribution in [-0.2, 0) is 6.61 Å². The molecule has 7 nitrogen and oxygen atoms in total. The molecule has 2 aromatic carbocycles. The highest BCUT2D eigenvalue weighted by Gasteiger charge is 2.22. The average molecular weight is 433 g/mol. The maximum Gasteiger partial charge on any atom is 0.162 e. The van der Waals surface area contributed by atoms with E-state index in [0.717, 1.165) is 53.8 Å². The Morgan fingerprint density at radius 2 is 2.03 bits per heavy atom. The minimum atomic E-state index is -0.0197. The Morgan fingerprint density at radius 1 is 1.22 bits per heavy atom. The highest BCUT2D eigenvalue weighted by atomic mass is 16.5. The summed E-state index contributed by atoms with van der Waals surface area (Å²) in [6.07, 6.45) is 5.16. The van der Waals surface area contributed by atoms with E-state index < -0.39 is 0 Å². The molecular weight excluding hydrogens is 404 g/mol. The number of benzene rings is 2. The topological polar surface area (TPSA) is 79.7 Å². The lowest BCUT2D eigenvalue weighted by atomic mass is 10.1. The summed E-state index contributed by atoms with van der Waals surface area (Å²) < 4.78 is 12.0. The lowest BCUT2D eigenvalue weighted by Gasteiger charge is -2.34. The predicted octanol–water partition coefficient (Wildman–Crippen LogP) is 4.42. The van der Waals surface area contributed by atoms with Gasteiger partial charge in [0.05, 0.1) is 19.2 Å². The zero-order valence-electron chi connectivity index (χ0n) is 18.3. The van der Waals surface area contributed by atoms with Crippen LogP contribution in [0.1, 0.15) is 18.4 Å². The van der Waals surface area contributed by atoms with E-state index in [1.165, 1.54) is 6.33 Å². The van der Waals surface area contributed by atoms with Gasteiger partial charge in [0, 0.05) is 48.8 Å². The van der Waals surface area contributed by atoms with Gasteiger partial charge in [-0.3, -0.25) is 0 Å². The van der Waals surface area contributed by atoms with Crippen LogP contribution in [0.2, 0.25) is 0 Å². The largest absolute Gasteiger partial charge is 0.493 e. The van der Waals surface area contributed by atoms with Crippen LogP contribution < -0.4 is 14.8 Å². The van der Waals surface area contributed by atoms with Crippen LogP contribution in [-0.4, -0.2) is 46.3 Å². The number of nitrogens with one attached hydrogen (secondary N) is 1. The fourth-order valence-electron chi connectivity index (χ4n) is 3.87. The minimum absolute atomic E-state index is 0.0197. The lowest BCUT2D eigenvalue weighted by molar-refractivity contribution is 0.116. The zero-order chi connectivity index (χ0) is 22.5. The maximum atomic E-state index is 9.41. The molecule has 1 aromatic heterocycles. The van der Waals surface area contributed by atoms with Crippen molar-refractivity contribution in [2.75, 3.05) is 25.5 Å². The molecule has 1 aliphatic heterocycles. The molecule has 1 fully saturated rings. The van der Waals surface area contributed by atoms with Crippen molar-refractivity contribution in [2.45, 2.75) is 25.6 Å². The second-order valence-corrected chi connectivity index (χ2v) is 7.73. The molecule has 0 unspecified atom stereocenters. The van der Waals surface area contributed by atoms with Crippen molar-refractivity contribution in [1.29, 1.82) is 0 Å². The molecule has 7 heteroatoms. The highest BCUT2D eigenvalue weighted by Crippen LogP contribution is 2.36. The van der Waals surface area contributed by atoms with Crippen molar-refractivity contribution >= 4 is 22.4 Å². The van der Waals surface area contributed by atoms with Crippen LogP contribution in [0.15, 0.2) is 67.7 Å². The van der Waals surface area contributed by atoms with Crippen LogP contribution in [0.5, 0.6) is 11.5 Å². The molecule has 0 amide bonds. The molecule has 0 saturated carbocycles. The first-order valence-electron chi connectivity index (χ1n) is 10.6. The Morgan fingerprint density at radius 3 is 2.75 bits per heavy atom. The zero-order valence-corrected chi connectivity index (χ0v) is 18.3. The third kappa shape index (κ3) is 4.68. The molecule has 0 aliphatic carbocycles. The normalized spacial score (nSPS) is 14.2. The van der Waals surface area contributed by atoms with Gasteiger partial charge in [0.15, 0.2) is 11.5 Å². The van der Waals surface area contributed by atoms with Gasteiger partial charge in [-0.1, -0.05) is 25.3 Å². The summed E-state index contributed by atoms with van der Waals surface area (Å²) in [6, 6.07) is 11.4. The van der Waals surface area contributed by atoms with Crippen molar-refractivity contribution < 1.29 is 14.6 Å². The molecule has 32 heavy (non-hydrogen) atoms. The number of rotatable bonds is 8. The molecule has 4 rings (SSSR count). The average Bonchev–Trinajstić information content (AvgIpc) is 2.84. The van der Waals surface area contributed by atoms with Crippen LogP contribution in [0.25, 0.3) is 10.9 Å². The van der Waals surface area contributed by atoms with Crippen molar-refractivity contribution in [3.8, 4) is 11.5 Å². The molecule has 0 bridgehead atoms. The number of methoxy groups -OCH3 is 1. The molecule has 1 aliphatic rings. The first kappa shape index (κ1) is 21.6. The maximum absolute atomic E-state index is 9.41. The standard InChI is InChI=1S/C25H28N4O3/c1-4-17(2)29-10-8-20(9-11-29)32-24-13-21-22(14-23(24)31-3)26-16-27-25(21)28-19-7-5-6-18(12-19)15-30/h4-7,12-14,16,20,30H,1-2,8-11,15H2,3H3,(H,26,27,28). The highest BCUT2D eigenvalue weighted by molar-refractivity contribution is 5.93. The summed E-state index contributed by atoms with van der Waals surface area (Å²) >= 11 is 0. The lowest BCUT2D eigenvalue weighted by Crippen LogP contribution is -2.37. The molecule has 0 spiro atoms. The summed E-state index contributed by atoms with van der Waals surface area (Å²) in [6.45, 7) is 9.57. The van der Waals surface area contributed by atoms with Crippen molar-refractivity contribution in [3.05, 3.63) is 73.2 Å². The Labute approximate surface area is 188 Å². The summed E-state index contributed by atoms with van der Waals surface area (Å²) in [5.41, 5.74) is 3.36. The number of aliphatic hydroxyl groups is 1. The molecular formula is C25H28N4O3. The Balaban J connectivity index is 1.59. The predicted molar refractivity (Wildman–Crippen MR) is 126 cm³/mol. The van der Waals surface area contributed by atoms with E-state index in [2.05, 4.69) is 33.3 Å². The minimum Gasteiger partial charge on any atom is -0.493 e. The molecule has 166 valence electrons. The van der Waals surface area contributed by atoms with Gasteiger partial charge in [-0.05, 0) is 29.8 Å². The molecule has 3 aromatic rings. The van der Waals surface area contributed by atoms with Crippen LogP contribution >= 0.6 is 0 Å². The van der Waals surface area contributed by atoms with Gasteiger partial charge < -0.3 is 24.8 Å². The van der Waals surface area contributed by atoms with Crippen LogP contribution in [0.3, 0.4) is 0 Å². The SMILES string of the molecule is C=CC(=C)N1CCC(Oc2cc3c(Nc4cccc(CO)c4)ncnc3cc2OC)CC1. The Hall–Kier alpha value is -3.58. The number of allylic oxidation sites excluding steroid dienone is 1. The summed E-state index contributed by atoms with van der Waals surface area (Å²) in [4.78, 5) is 11.1. The van der Waals surface area contributed by atoms with E-state index in [1.54, 1.807) is 13.2 Å². The van der Waals surface area contributed by atoms with E-state index in [4.69, 9.17) is 9.47 Å². The number of piperidine rings is 1. The first-order chi connectivity index (χ1) is 15.6. The smallest absolute Gasteiger partial charge is 0.162 e. The van der Waals surface area contributed by atoms with Crippen molar-refractivity contribution in [3.63, 3.8) is 0 Å². The number of nitrogens with zero attached hydrogens (tertiary/aromatic N) is 3. The Bertz CT molecular complexity index is 1120. The number of anilines is 2. The molecule has 2 heterocycles. The van der Waals surface area contributed by atoms with E-state index in [1.807, 2.05) is 36.4 Å². The molecule has 2 N–H and O–H groups in total. The van der Waals surface area contributed by atoms with Crippen LogP contribution in [0, 0.1) is 0 Å². The fraction of sp³-hybridized carbons (Fsp3) is 0.280. The van der Waals surface area contributed by atoms with E-state index >= 15 is 0 Å². The molecule has 0 radical (unpaired) electrons. The number of aromatic nitrogens is 2. The van der Waals surface area contributed by atoms with Gasteiger partial charge in [-0.25, -0.2) is 9.97 Å². The summed E-state index contributed by atoms with van der Waals surface area (Å²) in [5.74, 6) is 1.97. The summed E-state index contributed by atoms with van der Waals surface area (Å²) in [7, 11) is 1.63. The third-order valence-corrected chi connectivity index (χ3v) is 5.67. The number of ether oxygens (including phenoxy) is 2. The number of hydrogen-bond acceptors (Lipinski definition) is 7. The summed E-state index contributed by atoms with van der Waals surface area (Å²) in [5, 5.41) is 13.6. The van der Waals surface area contributed by atoms with Crippen molar-refractivity contribution in [2.24, 2.45) is 0 Å². The van der Waals surface area contributed by atoms with Gasteiger partial charge in [0.2, 0.25) is 0 Å². The second kappa shape index (κ2) is 9.70. The number of likely N-dealkylation sites (tertiary alicyclic amines) is 1. The van der Waals surface area contributed by atoms with E-state index in [9.17, 15) is 5.11 Å². The van der Waals surface area contributed by atoms with Gasteiger partial charge >= 0.3 is 0 Å². The van der Waals surface area contributed by atoms with E-state index in [0.29, 0.717) is 17.3 Å². The van der Waals surface area contributed by atoms with E-state index in [-0.39, 0.29) is 12.7 Å². The second-order valence-electron chi connectivity index (χ2n) is 7.73. The number of fused-ring (bicyclic) bond motifs is 1. The van der Waals surface area contributed by atoms with Gasteiger partial charge in [-0.15, -0.1) is 0 Å². The Kier molecular flexibility index (Phi) is 6.56.